The lowest BCUT2D eigenvalue weighted by atomic mass is 9.49. The molecule has 2 N–H and O–H groups in total. The summed E-state index contributed by atoms with van der Waals surface area (Å²) >= 11 is 6.24. The van der Waals surface area contributed by atoms with Crippen molar-refractivity contribution in [2.24, 2.45) is 16.7 Å². The number of nitrogens with zero attached hydrogens (tertiary/aromatic N) is 4. The number of benzene rings is 3. The Labute approximate surface area is 331 Å². The van der Waals surface area contributed by atoms with E-state index < -0.39 is 23.8 Å². The Morgan fingerprint density at radius 2 is 1.54 bits per heavy atom. The van der Waals surface area contributed by atoms with Crippen LogP contribution >= 0.6 is 11.6 Å². The van der Waals surface area contributed by atoms with Gasteiger partial charge in [-0.2, -0.15) is 5.26 Å². The molecule has 3 heterocycles. The Bertz CT molecular complexity index is 2140. The molecular formula is C43H45ClN6O6. The van der Waals surface area contributed by atoms with Gasteiger partial charge in [0.2, 0.25) is 11.8 Å². The summed E-state index contributed by atoms with van der Waals surface area (Å²) in [6.45, 7) is 12.8. The van der Waals surface area contributed by atoms with E-state index in [1.54, 1.807) is 18.2 Å². The van der Waals surface area contributed by atoms with Crippen molar-refractivity contribution in [1.82, 2.24) is 20.4 Å². The molecule has 3 aromatic rings. The van der Waals surface area contributed by atoms with Crippen LogP contribution in [0.1, 0.15) is 88.3 Å². The quantitative estimate of drug-likeness (QED) is 0.309. The average Bonchev–Trinajstić information content (AvgIpc) is 3.67. The van der Waals surface area contributed by atoms with Crippen LogP contribution < -0.4 is 20.3 Å². The largest absolute Gasteiger partial charge is 0.489 e. The molecule has 1 atom stereocenters. The Kier molecular flexibility index (Phi) is 9.45. The Balaban J connectivity index is 0.822. The van der Waals surface area contributed by atoms with E-state index in [9.17, 15) is 29.2 Å². The van der Waals surface area contributed by atoms with Gasteiger partial charge in [0.05, 0.1) is 21.7 Å². The number of hydrogen-bond acceptors (Lipinski definition) is 9. The van der Waals surface area contributed by atoms with Gasteiger partial charge >= 0.3 is 0 Å². The van der Waals surface area contributed by atoms with Crippen LogP contribution in [0.4, 0.5) is 5.69 Å². The van der Waals surface area contributed by atoms with Crippen LogP contribution in [0.2, 0.25) is 5.02 Å². The maximum Gasteiger partial charge on any atom is 0.262 e. The van der Waals surface area contributed by atoms with Gasteiger partial charge in [-0.25, -0.2) is 0 Å². The van der Waals surface area contributed by atoms with E-state index in [2.05, 4.69) is 54.2 Å². The molecule has 8 rings (SSSR count). The summed E-state index contributed by atoms with van der Waals surface area (Å²) in [4.78, 5) is 70.0. The molecule has 12 nitrogen and oxygen atoms in total. The first-order chi connectivity index (χ1) is 26.6. The number of hydrogen-bond donors (Lipinski definition) is 2. The molecule has 0 bridgehead atoms. The lowest BCUT2D eigenvalue weighted by Gasteiger charge is -2.63. The molecule has 5 aliphatic rings. The number of piperazine rings is 1. The van der Waals surface area contributed by atoms with Crippen molar-refractivity contribution < 1.29 is 28.7 Å². The number of fused-ring (bicyclic) bond motifs is 2. The van der Waals surface area contributed by atoms with Gasteiger partial charge in [-0.3, -0.25) is 39.1 Å². The van der Waals surface area contributed by atoms with Crippen LogP contribution in [-0.2, 0) is 22.4 Å². The number of carbonyl (C=O) groups is 5. The fraction of sp³-hybridized carbons (Fsp3) is 0.442. The van der Waals surface area contributed by atoms with Crippen LogP contribution in [0.3, 0.4) is 0 Å². The summed E-state index contributed by atoms with van der Waals surface area (Å²) in [5, 5.41) is 15.1. The number of piperidine rings is 1. The third-order valence-electron chi connectivity index (χ3n) is 12.6. The molecular weight excluding hydrogens is 732 g/mol. The molecule has 0 radical (unpaired) electrons. The molecule has 3 aliphatic heterocycles. The summed E-state index contributed by atoms with van der Waals surface area (Å²) in [7, 11) is 0. The van der Waals surface area contributed by atoms with Gasteiger partial charge in [-0.05, 0) is 84.8 Å². The zero-order chi connectivity index (χ0) is 39.7. The number of halogens is 1. The summed E-state index contributed by atoms with van der Waals surface area (Å²) in [6.07, 6.45) is 1.69. The first-order valence-electron chi connectivity index (χ1n) is 19.3. The second kappa shape index (κ2) is 14.0. The van der Waals surface area contributed by atoms with Crippen LogP contribution in [0.15, 0.2) is 54.6 Å². The number of amides is 5. The molecule has 13 heteroatoms. The zero-order valence-corrected chi connectivity index (χ0v) is 32.7. The van der Waals surface area contributed by atoms with E-state index in [0.717, 1.165) is 67.3 Å². The molecule has 3 aromatic carbocycles. The van der Waals surface area contributed by atoms with Crippen LogP contribution in [0.5, 0.6) is 5.75 Å². The molecule has 0 aromatic heterocycles. The van der Waals surface area contributed by atoms with Gasteiger partial charge < -0.3 is 15.0 Å². The fourth-order valence-corrected chi connectivity index (χ4v) is 10.2. The van der Waals surface area contributed by atoms with E-state index in [1.807, 2.05) is 36.4 Å². The van der Waals surface area contributed by atoms with Gasteiger partial charge in [-0.15, -0.1) is 0 Å². The zero-order valence-electron chi connectivity index (χ0n) is 32.0. The molecule has 5 amide bonds. The topological polar surface area (TPSA) is 152 Å². The molecule has 1 saturated carbocycles. The lowest BCUT2D eigenvalue weighted by Crippen LogP contribution is -2.74. The monoisotopic (exact) mass is 776 g/mol. The normalized spacial score (nSPS) is 24.2. The number of nitrogens with one attached hydrogen (secondary N) is 2. The minimum Gasteiger partial charge on any atom is -0.489 e. The molecule has 56 heavy (non-hydrogen) atoms. The maximum absolute atomic E-state index is 13.5. The van der Waals surface area contributed by atoms with E-state index in [-0.39, 0.29) is 47.6 Å². The average molecular weight is 777 g/mol. The van der Waals surface area contributed by atoms with Crippen molar-refractivity contribution in [3.63, 3.8) is 0 Å². The minimum absolute atomic E-state index is 0.0957. The van der Waals surface area contributed by atoms with Crippen molar-refractivity contribution in [2.45, 2.75) is 71.6 Å². The smallest absolute Gasteiger partial charge is 0.262 e. The predicted molar refractivity (Wildman–Crippen MR) is 209 cm³/mol. The number of nitriles is 1. The molecule has 0 unspecified atom stereocenters. The molecule has 3 fully saturated rings. The highest BCUT2D eigenvalue weighted by Gasteiger charge is 2.64. The molecule has 0 spiro atoms. The van der Waals surface area contributed by atoms with Crippen molar-refractivity contribution in [3.05, 3.63) is 93.0 Å². The van der Waals surface area contributed by atoms with E-state index in [1.165, 1.54) is 0 Å². The summed E-state index contributed by atoms with van der Waals surface area (Å²) in [5.41, 5.74) is 4.19. The maximum atomic E-state index is 13.5. The van der Waals surface area contributed by atoms with Crippen molar-refractivity contribution in [2.75, 3.05) is 37.6 Å². The highest BCUT2D eigenvalue weighted by atomic mass is 35.5. The Morgan fingerprint density at radius 1 is 0.911 bits per heavy atom. The van der Waals surface area contributed by atoms with Crippen molar-refractivity contribution in [1.29, 1.82) is 5.26 Å². The second-order valence-electron chi connectivity index (χ2n) is 17.0. The van der Waals surface area contributed by atoms with Crippen molar-refractivity contribution in [3.8, 4) is 11.8 Å². The molecule has 2 aliphatic carbocycles. The van der Waals surface area contributed by atoms with Gasteiger partial charge in [-0.1, -0.05) is 39.3 Å². The first kappa shape index (κ1) is 37.7. The second-order valence-corrected chi connectivity index (χ2v) is 17.4. The standard InChI is InChI=1S/C43H45ClN6O6/c1-42(2)40(43(3,4)41(42)56-30-10-7-26(22-45)33(44)21-30)47-36(52)25-5-8-29(9-6-25)49-15-13-48(14-16-49)23-24-17-27-19-31-32(20-28(27)18-24)39(55)50(38(31)54)34-11-12-35(51)46-37(34)53/h5-10,19-21,24,34,40-41H,11-18,23H2,1-4H3,(H,47,52)(H,46,51,53)/t34-,40?,41?/m0/s1. The Hall–Kier alpha value is -5.25. The minimum atomic E-state index is -0.963. The SMILES string of the molecule is CC1(C)C(NC(=O)c2ccc(N3CCN(CC4Cc5cc6c(cc5C4)C(=O)N([C@H]4CCC(=O)NC4=O)C6=O)CC3)cc2)C(C)(C)C1Oc1ccc(C#N)c(Cl)c1. The van der Waals surface area contributed by atoms with Gasteiger partial charge in [0.1, 0.15) is 24.0 Å². The number of anilines is 1. The van der Waals surface area contributed by atoms with Crippen LogP contribution in [-0.4, -0.2) is 90.2 Å². The summed E-state index contributed by atoms with van der Waals surface area (Å²) in [6, 6.07) is 17.5. The highest BCUT2D eigenvalue weighted by molar-refractivity contribution is 6.31. The van der Waals surface area contributed by atoms with Gasteiger partial charge in [0, 0.05) is 73.3 Å². The number of ether oxygens (including phenoxy) is 1. The predicted octanol–water partition coefficient (Wildman–Crippen LogP) is 4.76. The van der Waals surface area contributed by atoms with E-state index in [4.69, 9.17) is 16.3 Å². The fourth-order valence-electron chi connectivity index (χ4n) is 10.00. The number of carbonyl (C=O) groups excluding carboxylic acids is 5. The van der Waals surface area contributed by atoms with Gasteiger partial charge in [0.25, 0.3) is 17.7 Å². The van der Waals surface area contributed by atoms with Crippen LogP contribution in [0.25, 0.3) is 0 Å². The third-order valence-corrected chi connectivity index (χ3v) is 12.9. The summed E-state index contributed by atoms with van der Waals surface area (Å²) in [5.74, 6) is -1.09. The number of imide groups is 2. The number of rotatable bonds is 8. The van der Waals surface area contributed by atoms with Gasteiger partial charge in [0.15, 0.2) is 0 Å². The van der Waals surface area contributed by atoms with E-state index >= 15 is 0 Å². The van der Waals surface area contributed by atoms with E-state index in [0.29, 0.717) is 38.9 Å². The first-order valence-corrected chi connectivity index (χ1v) is 19.7. The lowest BCUT2D eigenvalue weighted by molar-refractivity contribution is -0.164. The Morgan fingerprint density at radius 3 is 2.11 bits per heavy atom. The van der Waals surface area contributed by atoms with Crippen molar-refractivity contribution >= 4 is 46.8 Å². The molecule has 2 saturated heterocycles. The molecule has 290 valence electrons. The third kappa shape index (κ3) is 6.50. The van der Waals surface area contributed by atoms with Crippen LogP contribution in [0, 0.1) is 28.1 Å². The summed E-state index contributed by atoms with van der Waals surface area (Å²) < 4.78 is 6.37. The highest BCUT2D eigenvalue weighted by Crippen LogP contribution is 2.55.